The zero-order chi connectivity index (χ0) is 14.0. The molecule has 0 bridgehead atoms. The van der Waals surface area contributed by atoms with Crippen molar-refractivity contribution in [3.8, 4) is 0 Å². The Balaban J connectivity index is 2.07. The number of likely N-dealkylation sites (tertiary alicyclic amines) is 1. The lowest BCUT2D eigenvalue weighted by atomic mass is 10.0. The van der Waals surface area contributed by atoms with E-state index in [4.69, 9.17) is 11.6 Å². The van der Waals surface area contributed by atoms with E-state index in [2.05, 4.69) is 19.0 Å². The predicted octanol–water partition coefficient (Wildman–Crippen LogP) is 2.81. The average molecular weight is 281 g/mol. The monoisotopic (exact) mass is 280 g/mol. The van der Waals surface area contributed by atoms with Crippen LogP contribution < -0.4 is 0 Å². The Kier molecular flexibility index (Phi) is 4.48. The molecule has 0 spiro atoms. The highest BCUT2D eigenvalue weighted by Crippen LogP contribution is 2.22. The van der Waals surface area contributed by atoms with Crippen LogP contribution in [0.3, 0.4) is 0 Å². The van der Waals surface area contributed by atoms with Gasteiger partial charge in [-0.1, -0.05) is 17.7 Å². The molecule has 19 heavy (non-hydrogen) atoms. The summed E-state index contributed by atoms with van der Waals surface area (Å²) in [5, 5.41) is 0.661. The third-order valence-electron chi connectivity index (χ3n) is 3.98. The zero-order valence-electron chi connectivity index (χ0n) is 11.8. The lowest BCUT2D eigenvalue weighted by Gasteiger charge is -2.35. The summed E-state index contributed by atoms with van der Waals surface area (Å²) in [6.45, 7) is 3.56. The molecule has 1 aliphatic rings. The normalized spacial score (nSPS) is 17.0. The van der Waals surface area contributed by atoms with E-state index in [1.807, 2.05) is 30.0 Å². The first-order chi connectivity index (χ1) is 9.00. The van der Waals surface area contributed by atoms with Gasteiger partial charge in [0.15, 0.2) is 0 Å². The first kappa shape index (κ1) is 14.4. The topological polar surface area (TPSA) is 23.6 Å². The van der Waals surface area contributed by atoms with Gasteiger partial charge in [-0.15, -0.1) is 0 Å². The second kappa shape index (κ2) is 5.93. The third-order valence-corrected chi connectivity index (χ3v) is 4.39. The minimum absolute atomic E-state index is 0.109. The van der Waals surface area contributed by atoms with Crippen LogP contribution in [0.1, 0.15) is 28.8 Å². The van der Waals surface area contributed by atoms with Crippen LogP contribution in [0.2, 0.25) is 5.02 Å². The maximum Gasteiger partial charge on any atom is 0.254 e. The van der Waals surface area contributed by atoms with Crippen LogP contribution in [0.4, 0.5) is 0 Å². The van der Waals surface area contributed by atoms with Gasteiger partial charge in [0.1, 0.15) is 0 Å². The van der Waals surface area contributed by atoms with E-state index in [9.17, 15) is 4.79 Å². The van der Waals surface area contributed by atoms with Gasteiger partial charge >= 0.3 is 0 Å². The highest BCUT2D eigenvalue weighted by molar-refractivity contribution is 6.31. The molecule has 0 aliphatic carbocycles. The quantitative estimate of drug-likeness (QED) is 0.832. The molecule has 104 valence electrons. The van der Waals surface area contributed by atoms with Crippen molar-refractivity contribution in [1.29, 1.82) is 0 Å². The van der Waals surface area contributed by atoms with Gasteiger partial charge in [0, 0.05) is 29.7 Å². The van der Waals surface area contributed by atoms with Crippen molar-refractivity contribution in [3.05, 3.63) is 34.3 Å². The van der Waals surface area contributed by atoms with E-state index in [1.165, 1.54) is 0 Å². The van der Waals surface area contributed by atoms with E-state index in [-0.39, 0.29) is 5.91 Å². The molecule has 1 heterocycles. The largest absolute Gasteiger partial charge is 0.339 e. The highest BCUT2D eigenvalue weighted by atomic mass is 35.5. The Morgan fingerprint density at radius 2 is 1.95 bits per heavy atom. The molecule has 0 saturated carbocycles. The fraction of sp³-hybridized carbons (Fsp3) is 0.533. The fourth-order valence-corrected chi connectivity index (χ4v) is 2.77. The molecule has 0 radical (unpaired) electrons. The molecule has 4 heteroatoms. The van der Waals surface area contributed by atoms with Gasteiger partial charge in [-0.25, -0.2) is 0 Å². The molecule has 1 saturated heterocycles. The van der Waals surface area contributed by atoms with Crippen LogP contribution in [0.5, 0.6) is 0 Å². The summed E-state index contributed by atoms with van der Waals surface area (Å²) in [7, 11) is 4.20. The van der Waals surface area contributed by atoms with Gasteiger partial charge in [0.05, 0.1) is 0 Å². The number of carbonyl (C=O) groups excluding carboxylic acids is 1. The number of benzene rings is 1. The van der Waals surface area contributed by atoms with Crippen molar-refractivity contribution in [3.63, 3.8) is 0 Å². The van der Waals surface area contributed by atoms with Gasteiger partial charge < -0.3 is 9.80 Å². The maximum absolute atomic E-state index is 12.5. The van der Waals surface area contributed by atoms with Gasteiger partial charge in [0.2, 0.25) is 0 Å². The standard InChI is InChI=1S/C15H21ClN2O/c1-11-13(5-4-6-14(11)16)15(19)18-9-7-12(8-10-18)17(2)3/h4-6,12H,7-10H2,1-3H3. The van der Waals surface area contributed by atoms with E-state index in [0.717, 1.165) is 37.1 Å². The number of carbonyl (C=O) groups is 1. The van der Waals surface area contributed by atoms with Crippen LogP contribution in [-0.2, 0) is 0 Å². The minimum atomic E-state index is 0.109. The van der Waals surface area contributed by atoms with Crippen molar-refractivity contribution in [2.75, 3.05) is 27.2 Å². The molecule has 1 aromatic rings. The third kappa shape index (κ3) is 3.10. The summed E-state index contributed by atoms with van der Waals surface area (Å²) in [5.41, 5.74) is 1.61. The molecule has 2 rings (SSSR count). The molecule has 3 nitrogen and oxygen atoms in total. The average Bonchev–Trinajstić information content (AvgIpc) is 2.41. The summed E-state index contributed by atoms with van der Waals surface area (Å²) in [6.07, 6.45) is 2.08. The zero-order valence-corrected chi connectivity index (χ0v) is 12.6. The van der Waals surface area contributed by atoms with Crippen LogP contribution in [0, 0.1) is 6.92 Å². The first-order valence-corrected chi connectivity index (χ1v) is 7.09. The van der Waals surface area contributed by atoms with E-state index < -0.39 is 0 Å². The Hall–Kier alpha value is -1.06. The smallest absolute Gasteiger partial charge is 0.254 e. The van der Waals surface area contributed by atoms with Crippen molar-refractivity contribution >= 4 is 17.5 Å². The van der Waals surface area contributed by atoms with Crippen LogP contribution in [-0.4, -0.2) is 48.9 Å². The predicted molar refractivity (Wildman–Crippen MR) is 78.8 cm³/mol. The number of halogens is 1. The minimum Gasteiger partial charge on any atom is -0.339 e. The summed E-state index contributed by atoms with van der Waals surface area (Å²) in [6, 6.07) is 6.12. The number of hydrogen-bond donors (Lipinski definition) is 0. The summed E-state index contributed by atoms with van der Waals surface area (Å²) >= 11 is 6.08. The molecule has 1 fully saturated rings. The molecular formula is C15H21ClN2O. The van der Waals surface area contributed by atoms with E-state index >= 15 is 0 Å². The second-order valence-corrected chi connectivity index (χ2v) is 5.81. The van der Waals surface area contributed by atoms with E-state index in [0.29, 0.717) is 11.1 Å². The van der Waals surface area contributed by atoms with Crippen LogP contribution >= 0.6 is 11.6 Å². The molecule has 0 aromatic heterocycles. The summed E-state index contributed by atoms with van der Waals surface area (Å²) < 4.78 is 0. The molecular weight excluding hydrogens is 260 g/mol. The van der Waals surface area contributed by atoms with Crippen LogP contribution in [0.15, 0.2) is 18.2 Å². The molecule has 1 aliphatic heterocycles. The number of rotatable bonds is 2. The Morgan fingerprint density at radius 3 is 2.53 bits per heavy atom. The lowest BCUT2D eigenvalue weighted by Crippen LogP contribution is -2.44. The molecule has 1 aromatic carbocycles. The van der Waals surface area contributed by atoms with Gasteiger partial charge in [-0.2, -0.15) is 0 Å². The number of hydrogen-bond acceptors (Lipinski definition) is 2. The second-order valence-electron chi connectivity index (χ2n) is 5.40. The number of nitrogens with zero attached hydrogens (tertiary/aromatic N) is 2. The molecule has 0 atom stereocenters. The Morgan fingerprint density at radius 1 is 1.32 bits per heavy atom. The Bertz CT molecular complexity index is 465. The number of piperidine rings is 1. The lowest BCUT2D eigenvalue weighted by molar-refractivity contribution is 0.0662. The van der Waals surface area contributed by atoms with Crippen LogP contribution in [0.25, 0.3) is 0 Å². The van der Waals surface area contributed by atoms with Gasteiger partial charge in [-0.3, -0.25) is 4.79 Å². The first-order valence-electron chi connectivity index (χ1n) is 6.71. The van der Waals surface area contributed by atoms with E-state index in [1.54, 1.807) is 0 Å². The van der Waals surface area contributed by atoms with Crippen molar-refractivity contribution < 1.29 is 4.79 Å². The summed E-state index contributed by atoms with van der Waals surface area (Å²) in [4.78, 5) is 16.7. The van der Waals surface area contributed by atoms with Gasteiger partial charge in [0.25, 0.3) is 5.91 Å². The van der Waals surface area contributed by atoms with Gasteiger partial charge in [-0.05, 0) is 51.6 Å². The van der Waals surface area contributed by atoms with Crippen molar-refractivity contribution in [2.24, 2.45) is 0 Å². The highest BCUT2D eigenvalue weighted by Gasteiger charge is 2.25. The molecule has 0 unspecified atom stereocenters. The fourth-order valence-electron chi connectivity index (χ4n) is 2.59. The Labute approximate surface area is 120 Å². The van der Waals surface area contributed by atoms with Crippen molar-refractivity contribution in [1.82, 2.24) is 9.80 Å². The van der Waals surface area contributed by atoms with Crippen molar-refractivity contribution in [2.45, 2.75) is 25.8 Å². The molecule has 1 amide bonds. The number of amides is 1. The maximum atomic E-state index is 12.5. The SMILES string of the molecule is Cc1c(Cl)cccc1C(=O)N1CCC(N(C)C)CC1. The molecule has 0 N–H and O–H groups in total. The summed E-state index contributed by atoms with van der Waals surface area (Å²) in [5.74, 6) is 0.109.